The summed E-state index contributed by atoms with van der Waals surface area (Å²) in [5.41, 5.74) is 5.44. The first-order chi connectivity index (χ1) is 16.7. The number of piperidine rings is 1. The number of benzene rings is 2. The van der Waals surface area contributed by atoms with Gasteiger partial charge in [-0.05, 0) is 67.0 Å². The maximum atomic E-state index is 12.8. The zero-order valence-electron chi connectivity index (χ0n) is 21.1. The lowest BCUT2D eigenvalue weighted by molar-refractivity contribution is -0.126. The molecule has 3 heterocycles. The second-order valence-corrected chi connectivity index (χ2v) is 11.4. The molecule has 0 spiro atoms. The number of aryl methyl sites for hydroxylation is 1. The molecule has 7 heteroatoms. The molecular formula is C28H35ClN4O2. The molecule has 5 rings (SSSR count). The Bertz CT molecular complexity index is 1210. The van der Waals surface area contributed by atoms with Gasteiger partial charge in [-0.2, -0.15) is 0 Å². The first kappa shape index (κ1) is 24.1. The average molecular weight is 495 g/mol. The van der Waals surface area contributed by atoms with Gasteiger partial charge in [0, 0.05) is 36.3 Å². The lowest BCUT2D eigenvalue weighted by Gasteiger charge is -2.33. The first-order valence-corrected chi connectivity index (χ1v) is 13.0. The van der Waals surface area contributed by atoms with Gasteiger partial charge in [0.25, 0.3) is 0 Å². The summed E-state index contributed by atoms with van der Waals surface area (Å²) in [6.07, 6.45) is 2.53. The molecule has 1 atom stereocenters. The number of hydrogen-bond acceptors (Lipinski definition) is 4. The average Bonchev–Trinajstić information content (AvgIpc) is 3.47. The van der Waals surface area contributed by atoms with Crippen molar-refractivity contribution in [2.75, 3.05) is 31.2 Å². The number of rotatable bonds is 4. The quantitative estimate of drug-likeness (QED) is 0.527. The van der Waals surface area contributed by atoms with Crippen molar-refractivity contribution < 1.29 is 9.53 Å². The molecule has 0 unspecified atom stereocenters. The third-order valence-corrected chi connectivity index (χ3v) is 7.74. The minimum Gasteiger partial charge on any atom is -0.379 e. The van der Waals surface area contributed by atoms with Gasteiger partial charge in [-0.25, -0.2) is 4.98 Å². The molecule has 186 valence electrons. The highest BCUT2D eigenvalue weighted by atomic mass is 35.5. The molecule has 35 heavy (non-hydrogen) atoms. The molecule has 0 saturated carbocycles. The van der Waals surface area contributed by atoms with Gasteiger partial charge in [-0.15, -0.1) is 0 Å². The Morgan fingerprint density at radius 1 is 1.11 bits per heavy atom. The Morgan fingerprint density at radius 3 is 2.46 bits per heavy atom. The van der Waals surface area contributed by atoms with Gasteiger partial charge >= 0.3 is 0 Å². The highest BCUT2D eigenvalue weighted by Gasteiger charge is 2.30. The zero-order chi connectivity index (χ0) is 24.7. The Morgan fingerprint density at radius 2 is 1.83 bits per heavy atom. The molecular weight excluding hydrogens is 460 g/mol. The molecule has 0 aliphatic carbocycles. The van der Waals surface area contributed by atoms with Gasteiger partial charge in [-0.3, -0.25) is 9.36 Å². The molecule has 0 bridgehead atoms. The highest BCUT2D eigenvalue weighted by molar-refractivity contribution is 6.32. The van der Waals surface area contributed by atoms with Gasteiger partial charge in [0.15, 0.2) is 0 Å². The summed E-state index contributed by atoms with van der Waals surface area (Å²) in [4.78, 5) is 20.1. The number of hydrogen-bond donors (Lipinski definition) is 1. The number of halogens is 1. The Labute approximate surface area is 212 Å². The van der Waals surface area contributed by atoms with Crippen LogP contribution in [0.1, 0.15) is 51.2 Å². The van der Waals surface area contributed by atoms with Crippen molar-refractivity contribution in [2.45, 2.75) is 58.4 Å². The van der Waals surface area contributed by atoms with Crippen LogP contribution in [0.5, 0.6) is 0 Å². The van der Waals surface area contributed by atoms with Crippen molar-refractivity contribution >= 4 is 34.5 Å². The highest BCUT2D eigenvalue weighted by Crippen LogP contribution is 2.33. The van der Waals surface area contributed by atoms with E-state index in [0.29, 0.717) is 6.61 Å². The lowest BCUT2D eigenvalue weighted by atomic mass is 9.87. The number of ether oxygens (including phenoxy) is 1. The van der Waals surface area contributed by atoms with E-state index in [9.17, 15) is 4.79 Å². The maximum Gasteiger partial charge on any atom is 0.223 e. The van der Waals surface area contributed by atoms with Gasteiger partial charge in [0.2, 0.25) is 11.9 Å². The van der Waals surface area contributed by atoms with Crippen LogP contribution in [0, 0.1) is 12.8 Å². The van der Waals surface area contributed by atoms with E-state index in [4.69, 9.17) is 21.3 Å². The van der Waals surface area contributed by atoms with Crippen LogP contribution in [-0.2, 0) is 14.9 Å². The largest absolute Gasteiger partial charge is 0.379 e. The zero-order valence-corrected chi connectivity index (χ0v) is 21.9. The fourth-order valence-electron chi connectivity index (χ4n) is 5.08. The molecule has 2 aromatic carbocycles. The van der Waals surface area contributed by atoms with Crippen LogP contribution in [0.15, 0.2) is 36.4 Å². The van der Waals surface area contributed by atoms with Crippen LogP contribution in [0.4, 0.5) is 5.95 Å². The lowest BCUT2D eigenvalue weighted by Crippen LogP contribution is -2.44. The van der Waals surface area contributed by atoms with Crippen LogP contribution in [0.25, 0.3) is 16.7 Å². The molecule has 1 N–H and O–H groups in total. The van der Waals surface area contributed by atoms with Crippen LogP contribution in [0.3, 0.4) is 0 Å². The summed E-state index contributed by atoms with van der Waals surface area (Å²) >= 11 is 6.46. The van der Waals surface area contributed by atoms with Crippen molar-refractivity contribution in [3.8, 4) is 5.69 Å². The molecule has 2 saturated heterocycles. The number of imidazole rings is 1. The van der Waals surface area contributed by atoms with E-state index in [2.05, 4.69) is 65.9 Å². The first-order valence-electron chi connectivity index (χ1n) is 12.6. The predicted octanol–water partition coefficient (Wildman–Crippen LogP) is 5.41. The van der Waals surface area contributed by atoms with Gasteiger partial charge < -0.3 is 15.0 Å². The van der Waals surface area contributed by atoms with E-state index in [1.54, 1.807) is 0 Å². The molecule has 2 aliphatic rings. The summed E-state index contributed by atoms with van der Waals surface area (Å²) in [5, 5.41) is 3.90. The Kier molecular flexibility index (Phi) is 6.53. The molecule has 1 amide bonds. The Hall–Kier alpha value is -2.57. The number of carbonyl (C=O) groups excluding carboxylic acids is 1. The van der Waals surface area contributed by atoms with Gasteiger partial charge in [0.1, 0.15) is 0 Å². The Balaban J connectivity index is 1.43. The van der Waals surface area contributed by atoms with Crippen LogP contribution < -0.4 is 10.2 Å². The number of fused-ring (bicyclic) bond motifs is 1. The minimum absolute atomic E-state index is 0.0347. The van der Waals surface area contributed by atoms with E-state index in [1.807, 2.05) is 13.0 Å². The van der Waals surface area contributed by atoms with Crippen molar-refractivity contribution in [3.05, 3.63) is 52.5 Å². The van der Waals surface area contributed by atoms with E-state index < -0.39 is 0 Å². The van der Waals surface area contributed by atoms with E-state index >= 15 is 0 Å². The summed E-state index contributed by atoms with van der Waals surface area (Å²) < 4.78 is 7.64. The molecule has 2 aliphatic heterocycles. The summed E-state index contributed by atoms with van der Waals surface area (Å²) in [6, 6.07) is 13.0. The summed E-state index contributed by atoms with van der Waals surface area (Å²) in [7, 11) is 0. The second kappa shape index (κ2) is 9.47. The van der Waals surface area contributed by atoms with Gasteiger partial charge in [0.05, 0.1) is 23.7 Å². The smallest absolute Gasteiger partial charge is 0.223 e. The standard InChI is InChI=1S/C28H35ClN4O2/c1-18-15-25-24(16-23(18)29)31-27(33(25)22-7-5-20(6-8-22)28(2,3)4)32-12-9-19(10-13-32)26(34)30-21-11-14-35-17-21/h5-8,15-16,19,21H,9-14,17H2,1-4H3,(H,30,34)/t21-/m1/s1. The van der Waals surface area contributed by atoms with E-state index in [-0.39, 0.29) is 23.3 Å². The van der Waals surface area contributed by atoms with Crippen molar-refractivity contribution in [1.82, 2.24) is 14.9 Å². The molecule has 1 aromatic heterocycles. The topological polar surface area (TPSA) is 59.4 Å². The van der Waals surface area contributed by atoms with Crippen LogP contribution >= 0.6 is 11.6 Å². The number of amides is 1. The SMILES string of the molecule is Cc1cc2c(cc1Cl)nc(N1CCC(C(=O)N[C@@H]3CCOC3)CC1)n2-c1ccc(C(C)(C)C)cc1. The fourth-order valence-corrected chi connectivity index (χ4v) is 5.23. The van der Waals surface area contributed by atoms with Crippen LogP contribution in [0.2, 0.25) is 5.02 Å². The summed E-state index contributed by atoms with van der Waals surface area (Å²) in [5.74, 6) is 1.11. The van der Waals surface area contributed by atoms with Gasteiger partial charge in [-0.1, -0.05) is 44.5 Å². The number of nitrogens with one attached hydrogen (secondary N) is 1. The molecule has 2 fully saturated rings. The molecule has 6 nitrogen and oxygen atoms in total. The fraction of sp³-hybridized carbons (Fsp3) is 0.500. The van der Waals surface area contributed by atoms with Crippen LogP contribution in [-0.4, -0.2) is 47.8 Å². The second-order valence-electron chi connectivity index (χ2n) is 11.0. The normalized spacial score (nSPS) is 19.5. The summed E-state index contributed by atoms with van der Waals surface area (Å²) in [6.45, 7) is 11.7. The number of nitrogens with zero attached hydrogens (tertiary/aromatic N) is 3. The number of aromatic nitrogens is 2. The van der Waals surface area contributed by atoms with E-state index in [0.717, 1.165) is 72.2 Å². The minimum atomic E-state index is 0.0347. The van der Waals surface area contributed by atoms with Crippen molar-refractivity contribution in [3.63, 3.8) is 0 Å². The van der Waals surface area contributed by atoms with Crippen molar-refractivity contribution in [1.29, 1.82) is 0 Å². The molecule has 3 aromatic rings. The third kappa shape index (κ3) is 4.91. The van der Waals surface area contributed by atoms with Crippen molar-refractivity contribution in [2.24, 2.45) is 5.92 Å². The monoisotopic (exact) mass is 494 g/mol. The maximum absolute atomic E-state index is 12.8. The predicted molar refractivity (Wildman–Crippen MR) is 142 cm³/mol. The third-order valence-electron chi connectivity index (χ3n) is 7.33. The number of carbonyl (C=O) groups is 1. The molecule has 0 radical (unpaired) electrons. The number of anilines is 1. The van der Waals surface area contributed by atoms with E-state index in [1.165, 1.54) is 5.56 Å².